The second kappa shape index (κ2) is 8.53. The molecule has 152 valence electrons. The van der Waals surface area contributed by atoms with Crippen molar-refractivity contribution in [2.24, 2.45) is 5.10 Å². The van der Waals surface area contributed by atoms with Gasteiger partial charge in [-0.25, -0.2) is 9.61 Å². The number of fused-ring (bicyclic) bond motifs is 1. The Morgan fingerprint density at radius 2 is 1.60 bits per heavy atom. The number of halogens is 3. The molecule has 4 N–H and O–H groups in total. The maximum absolute atomic E-state index is 10.2. The minimum absolute atomic E-state index is 0.117. The molecule has 0 atom stereocenters. The number of phenolic OH excluding ortho intramolecular Hbond substituents is 2. The van der Waals surface area contributed by atoms with E-state index in [1.165, 1.54) is 12.3 Å². The van der Waals surface area contributed by atoms with Crippen LogP contribution in [0, 0.1) is 0 Å². The van der Waals surface area contributed by atoms with Crippen LogP contribution in [-0.4, -0.2) is 36.7 Å². The summed E-state index contributed by atoms with van der Waals surface area (Å²) < 4.78 is 6.14. The summed E-state index contributed by atoms with van der Waals surface area (Å²) in [6.45, 7) is 0. The third-order valence-electron chi connectivity index (χ3n) is 3.79. The highest BCUT2D eigenvalue weighted by atomic mass is 79.9. The van der Waals surface area contributed by atoms with Gasteiger partial charge in [-0.2, -0.15) is 10.1 Å². The lowest BCUT2D eigenvalue weighted by Crippen LogP contribution is -2.03. The van der Waals surface area contributed by atoms with Crippen molar-refractivity contribution in [3.05, 3.63) is 49.3 Å². The summed E-state index contributed by atoms with van der Waals surface area (Å²) >= 11 is 9.72. The number of anilines is 3. The summed E-state index contributed by atoms with van der Waals surface area (Å²) in [5.74, 6) is 0.314. The minimum Gasteiger partial charge on any atom is -0.506 e. The van der Waals surface area contributed by atoms with Crippen LogP contribution in [0.25, 0.3) is 11.3 Å². The van der Waals surface area contributed by atoms with Crippen molar-refractivity contribution in [1.29, 1.82) is 0 Å². The van der Waals surface area contributed by atoms with Crippen LogP contribution in [0.5, 0.6) is 11.5 Å². The van der Waals surface area contributed by atoms with Gasteiger partial charge in [0, 0.05) is 15.7 Å². The second-order valence-corrected chi connectivity index (χ2v) is 8.36. The molecule has 0 amide bonds. The van der Waals surface area contributed by atoms with E-state index < -0.39 is 0 Å². The molecule has 2 aromatic heterocycles. The molecule has 2 heterocycles. The number of phenols is 2. The van der Waals surface area contributed by atoms with E-state index in [4.69, 9.17) is 0 Å². The zero-order chi connectivity index (χ0) is 21.3. The Bertz CT molecular complexity index is 1260. The average Bonchev–Trinajstić information content (AvgIpc) is 3.19. The summed E-state index contributed by atoms with van der Waals surface area (Å²) in [6.07, 6.45) is 1.36. The quantitative estimate of drug-likeness (QED) is 0.186. The second-order valence-electron chi connectivity index (χ2n) is 5.79. The Balaban J connectivity index is 1.65. The van der Waals surface area contributed by atoms with Crippen molar-refractivity contribution in [3.8, 4) is 11.5 Å². The maximum Gasteiger partial charge on any atom is 0.245 e. The van der Waals surface area contributed by atoms with E-state index in [2.05, 4.69) is 88.5 Å². The normalized spacial score (nSPS) is 11.3. The van der Waals surface area contributed by atoms with Crippen LogP contribution >= 0.6 is 47.8 Å². The fourth-order valence-corrected chi connectivity index (χ4v) is 3.77. The van der Waals surface area contributed by atoms with E-state index >= 15 is 0 Å². The van der Waals surface area contributed by atoms with Gasteiger partial charge in [0.25, 0.3) is 0 Å². The molecule has 0 unspecified atom stereocenters. The highest BCUT2D eigenvalue weighted by Gasteiger charge is 2.14. The molecule has 0 saturated heterocycles. The molecule has 0 radical (unpaired) electrons. The van der Waals surface area contributed by atoms with Crippen molar-refractivity contribution >= 4 is 82.6 Å². The first-order valence-corrected chi connectivity index (χ1v) is 10.5. The van der Waals surface area contributed by atoms with Crippen molar-refractivity contribution in [1.82, 2.24) is 20.3 Å². The lowest BCUT2D eigenvalue weighted by Gasteiger charge is -2.09. The Kier molecular flexibility index (Phi) is 5.83. The van der Waals surface area contributed by atoms with Gasteiger partial charge in [0.05, 0.1) is 10.7 Å². The number of hydrazone groups is 1. The molecule has 2 aromatic carbocycles. The maximum atomic E-state index is 10.2. The predicted molar refractivity (Wildman–Crippen MR) is 121 cm³/mol. The molecule has 0 fully saturated rings. The molecule has 4 rings (SSSR count). The summed E-state index contributed by atoms with van der Waals surface area (Å²) in [4.78, 5) is 8.65. The highest BCUT2D eigenvalue weighted by Crippen LogP contribution is 2.40. The Morgan fingerprint density at radius 1 is 0.933 bits per heavy atom. The van der Waals surface area contributed by atoms with Crippen LogP contribution < -0.4 is 10.7 Å². The molecule has 4 aromatic rings. The number of hydrogen-bond acceptors (Lipinski definition) is 10. The van der Waals surface area contributed by atoms with Gasteiger partial charge in [0.2, 0.25) is 11.3 Å². The Labute approximate surface area is 193 Å². The molecule has 13 heteroatoms. The van der Waals surface area contributed by atoms with Gasteiger partial charge in [-0.05, 0) is 72.5 Å². The van der Waals surface area contributed by atoms with Crippen LogP contribution in [-0.2, 0) is 0 Å². The number of benzene rings is 2. The SMILES string of the molecule is Oc1c(Br)cc(/C=N\Nc2nc3nonc3nc2Nc2ccc(Br)cc2)c(O)c1Br. The molecular weight excluding hydrogens is 590 g/mol. The molecule has 0 bridgehead atoms. The molecule has 0 aliphatic heterocycles. The molecule has 0 aliphatic carbocycles. The van der Waals surface area contributed by atoms with Gasteiger partial charge >= 0.3 is 0 Å². The number of rotatable bonds is 5. The van der Waals surface area contributed by atoms with Gasteiger partial charge in [0.1, 0.15) is 16.0 Å². The fraction of sp³-hybridized carbons (Fsp3) is 0. The number of aromatic nitrogens is 4. The van der Waals surface area contributed by atoms with E-state index in [0.717, 1.165) is 10.2 Å². The van der Waals surface area contributed by atoms with Crippen LogP contribution in [0.15, 0.2) is 53.5 Å². The molecule has 0 aliphatic rings. The Hall–Kier alpha value is -2.77. The first-order chi connectivity index (χ1) is 14.4. The lowest BCUT2D eigenvalue weighted by atomic mass is 10.2. The van der Waals surface area contributed by atoms with Crippen molar-refractivity contribution in [2.75, 3.05) is 10.7 Å². The summed E-state index contributed by atoms with van der Waals surface area (Å²) in [5, 5.41) is 34.6. The third-order valence-corrected chi connectivity index (χ3v) is 5.68. The largest absolute Gasteiger partial charge is 0.506 e. The van der Waals surface area contributed by atoms with Gasteiger partial charge in [-0.3, -0.25) is 5.43 Å². The van der Waals surface area contributed by atoms with Crippen LogP contribution in [0.3, 0.4) is 0 Å². The zero-order valence-electron chi connectivity index (χ0n) is 14.6. The smallest absolute Gasteiger partial charge is 0.245 e. The number of nitrogens with zero attached hydrogens (tertiary/aromatic N) is 5. The molecule has 0 spiro atoms. The van der Waals surface area contributed by atoms with Crippen LogP contribution in [0.4, 0.5) is 17.3 Å². The summed E-state index contributed by atoms with van der Waals surface area (Å²) in [6, 6.07) is 8.97. The first kappa shape index (κ1) is 20.5. The third kappa shape index (κ3) is 4.22. The number of hydrogen-bond donors (Lipinski definition) is 4. The monoisotopic (exact) mass is 597 g/mol. The van der Waals surface area contributed by atoms with E-state index in [9.17, 15) is 10.2 Å². The van der Waals surface area contributed by atoms with Crippen molar-refractivity contribution in [3.63, 3.8) is 0 Å². The lowest BCUT2D eigenvalue weighted by molar-refractivity contribution is 0.314. The van der Waals surface area contributed by atoms with Crippen molar-refractivity contribution < 1.29 is 14.8 Å². The molecule has 10 nitrogen and oxygen atoms in total. The van der Waals surface area contributed by atoms with Gasteiger partial charge in [0.15, 0.2) is 11.6 Å². The zero-order valence-corrected chi connectivity index (χ0v) is 19.4. The molecule has 30 heavy (non-hydrogen) atoms. The summed E-state index contributed by atoms with van der Waals surface area (Å²) in [7, 11) is 0. The average molecular weight is 600 g/mol. The van der Waals surface area contributed by atoms with E-state index in [1.54, 1.807) is 0 Å². The van der Waals surface area contributed by atoms with Gasteiger partial charge in [-0.1, -0.05) is 15.9 Å². The van der Waals surface area contributed by atoms with E-state index in [-0.39, 0.29) is 33.1 Å². The number of aromatic hydroxyl groups is 2. The molecule has 0 saturated carbocycles. The fourth-order valence-electron chi connectivity index (χ4n) is 2.35. The highest BCUT2D eigenvalue weighted by molar-refractivity contribution is 9.11. The Morgan fingerprint density at radius 3 is 2.30 bits per heavy atom. The van der Waals surface area contributed by atoms with Crippen LogP contribution in [0.2, 0.25) is 0 Å². The van der Waals surface area contributed by atoms with E-state index in [1.807, 2.05) is 24.3 Å². The van der Waals surface area contributed by atoms with E-state index in [0.29, 0.717) is 15.9 Å². The topological polar surface area (TPSA) is 142 Å². The first-order valence-electron chi connectivity index (χ1n) is 8.14. The van der Waals surface area contributed by atoms with Gasteiger partial charge < -0.3 is 15.5 Å². The number of nitrogens with one attached hydrogen (secondary N) is 2. The van der Waals surface area contributed by atoms with Crippen LogP contribution in [0.1, 0.15) is 5.56 Å². The van der Waals surface area contributed by atoms with Crippen molar-refractivity contribution in [2.45, 2.75) is 0 Å². The molecular formula is C17H10Br3N7O3. The standard InChI is InChI=1S/C17H10Br3N7O3/c18-8-1-3-9(4-2-8)22-14-15(24-17-16(23-14)26-30-27-17)25-21-6-7-5-10(19)13(29)11(20)12(7)28/h1-6,28-29H,(H,22,23,26)(H,24,25,27)/b21-6-. The van der Waals surface area contributed by atoms with Gasteiger partial charge in [-0.15, -0.1) is 0 Å². The summed E-state index contributed by atoms with van der Waals surface area (Å²) in [5.41, 5.74) is 4.31. The minimum atomic E-state index is -0.170. The predicted octanol–water partition coefficient (Wildman–Crippen LogP) is 4.90.